The van der Waals surface area contributed by atoms with Crippen molar-refractivity contribution in [2.24, 2.45) is 17.3 Å². The molecule has 3 aliphatic carbocycles. The van der Waals surface area contributed by atoms with E-state index in [0.29, 0.717) is 5.41 Å². The summed E-state index contributed by atoms with van der Waals surface area (Å²) in [6.45, 7) is 3.93. The summed E-state index contributed by atoms with van der Waals surface area (Å²) in [5, 5.41) is 0. The van der Waals surface area contributed by atoms with E-state index in [2.05, 4.69) is 48.2 Å². The van der Waals surface area contributed by atoms with Gasteiger partial charge in [0.05, 0.1) is 7.11 Å². The molecule has 29 heavy (non-hydrogen) atoms. The maximum atomic E-state index is 5.51. The Morgan fingerprint density at radius 2 is 1.93 bits per heavy atom. The smallest absolute Gasteiger partial charge is 0.119 e. The summed E-state index contributed by atoms with van der Waals surface area (Å²) in [4.78, 5) is 2.86. The summed E-state index contributed by atoms with van der Waals surface area (Å²) < 4.78 is 5.51. The fraction of sp³-hybridized carbons (Fsp3) is 0.556. The Morgan fingerprint density at radius 3 is 2.83 bits per heavy atom. The molecule has 0 saturated heterocycles. The molecule has 0 bridgehead atoms. The number of nitrogens with zero attached hydrogens (tertiary/aromatic N) is 1. The number of para-hydroxylation sites is 1. The van der Waals surface area contributed by atoms with Gasteiger partial charge in [0.1, 0.15) is 5.75 Å². The van der Waals surface area contributed by atoms with Gasteiger partial charge in [-0.2, -0.15) is 0 Å². The molecule has 6 atom stereocenters. The standard InChI is InChI=1S/C27H31NO/c1-27-12-10-20-19-9-7-18(29-2)14-17(19)6-8-21(20)24(27)15-23-22-5-3-4-16-11-13-28(25(16)22)26(23)27/h3-5,7,9,14,20-21,23-24,26H,6,8,10-13,15H2,1-2H3/t20-,21-,23?,24+,26?,27+/m1/s1. The zero-order valence-corrected chi connectivity index (χ0v) is 17.7. The van der Waals surface area contributed by atoms with Crippen LogP contribution in [0.5, 0.6) is 5.75 Å². The highest BCUT2D eigenvalue weighted by atomic mass is 16.5. The van der Waals surface area contributed by atoms with Crippen molar-refractivity contribution in [1.29, 1.82) is 0 Å². The van der Waals surface area contributed by atoms with Crippen molar-refractivity contribution < 1.29 is 4.74 Å². The number of hydrogen-bond donors (Lipinski definition) is 0. The lowest BCUT2D eigenvalue weighted by Crippen LogP contribution is -2.49. The van der Waals surface area contributed by atoms with Crippen molar-refractivity contribution in [2.75, 3.05) is 18.6 Å². The summed E-state index contributed by atoms with van der Waals surface area (Å²) in [6, 6.07) is 14.8. The molecule has 0 N–H and O–H groups in total. The summed E-state index contributed by atoms with van der Waals surface area (Å²) >= 11 is 0. The largest absolute Gasteiger partial charge is 0.497 e. The first-order valence-corrected chi connectivity index (χ1v) is 11.7. The van der Waals surface area contributed by atoms with E-state index in [9.17, 15) is 0 Å². The Hall–Kier alpha value is -1.96. The van der Waals surface area contributed by atoms with Crippen molar-refractivity contribution >= 4 is 5.69 Å². The highest BCUT2D eigenvalue weighted by molar-refractivity contribution is 5.71. The topological polar surface area (TPSA) is 12.5 Å². The van der Waals surface area contributed by atoms with Gasteiger partial charge in [-0.15, -0.1) is 0 Å². The Labute approximate surface area is 174 Å². The van der Waals surface area contributed by atoms with E-state index in [1.807, 2.05) is 0 Å². The second-order valence-electron chi connectivity index (χ2n) is 10.6. The van der Waals surface area contributed by atoms with Crippen LogP contribution in [-0.4, -0.2) is 19.7 Å². The third-order valence-corrected chi connectivity index (χ3v) is 9.73. The lowest BCUT2D eigenvalue weighted by atomic mass is 9.55. The Bertz CT molecular complexity index is 1010. The molecule has 2 saturated carbocycles. The number of hydrogen-bond acceptors (Lipinski definition) is 2. The molecule has 0 radical (unpaired) electrons. The van der Waals surface area contributed by atoms with Crippen molar-refractivity contribution in [3.63, 3.8) is 0 Å². The molecular formula is C27H31NO. The minimum Gasteiger partial charge on any atom is -0.497 e. The van der Waals surface area contributed by atoms with E-state index in [0.717, 1.165) is 35.5 Å². The summed E-state index contributed by atoms with van der Waals surface area (Å²) in [5.74, 6) is 4.32. The van der Waals surface area contributed by atoms with Gasteiger partial charge in [-0.05, 0) is 96.1 Å². The normalized spacial score (nSPS) is 38.1. The van der Waals surface area contributed by atoms with Crippen LogP contribution in [0.3, 0.4) is 0 Å². The lowest BCUT2D eigenvalue weighted by Gasteiger charge is -2.52. The SMILES string of the molecule is COc1ccc2c(c1)CC[C@@H]1[C@@H]2CC[C@]2(C)C3C(C[C@@H]12)c1cccc2c1N3CC2. The van der Waals surface area contributed by atoms with Crippen LogP contribution in [-0.2, 0) is 12.8 Å². The molecule has 0 aromatic heterocycles. The molecule has 2 heteroatoms. The predicted octanol–water partition coefficient (Wildman–Crippen LogP) is 5.69. The molecule has 2 aromatic carbocycles. The molecule has 150 valence electrons. The number of rotatable bonds is 1. The fourth-order valence-electron chi connectivity index (χ4n) is 8.67. The number of benzene rings is 2. The van der Waals surface area contributed by atoms with Crippen LogP contribution in [0.4, 0.5) is 5.69 Å². The number of anilines is 1. The summed E-state index contributed by atoms with van der Waals surface area (Å²) in [5.41, 5.74) is 8.64. The first kappa shape index (κ1) is 16.8. The zero-order valence-electron chi connectivity index (χ0n) is 17.7. The van der Waals surface area contributed by atoms with E-state index < -0.39 is 0 Å². The maximum absolute atomic E-state index is 5.51. The van der Waals surface area contributed by atoms with Gasteiger partial charge in [0.25, 0.3) is 0 Å². The number of ether oxygens (including phenoxy) is 1. The first-order valence-electron chi connectivity index (χ1n) is 11.7. The second kappa shape index (κ2) is 5.59. The van der Waals surface area contributed by atoms with Gasteiger partial charge in [0.2, 0.25) is 0 Å². The third kappa shape index (κ3) is 1.99. The van der Waals surface area contributed by atoms with E-state index in [-0.39, 0.29) is 0 Å². The van der Waals surface area contributed by atoms with Crippen LogP contribution < -0.4 is 9.64 Å². The van der Waals surface area contributed by atoms with Gasteiger partial charge in [0, 0.05) is 24.2 Å². The van der Waals surface area contributed by atoms with E-state index in [4.69, 9.17) is 4.74 Å². The van der Waals surface area contributed by atoms with Crippen molar-refractivity contribution in [3.05, 3.63) is 58.7 Å². The highest BCUT2D eigenvalue weighted by Gasteiger charge is 2.63. The second-order valence-corrected chi connectivity index (χ2v) is 10.6. The molecule has 2 aromatic rings. The van der Waals surface area contributed by atoms with Crippen molar-refractivity contribution in [1.82, 2.24) is 0 Å². The number of aryl methyl sites for hydroxylation is 1. The first-order chi connectivity index (χ1) is 14.2. The quantitative estimate of drug-likeness (QED) is 0.625. The Balaban J connectivity index is 1.28. The van der Waals surface area contributed by atoms with Crippen LogP contribution >= 0.6 is 0 Å². The Kier molecular flexibility index (Phi) is 3.24. The third-order valence-electron chi connectivity index (χ3n) is 9.73. The van der Waals surface area contributed by atoms with Gasteiger partial charge < -0.3 is 9.64 Å². The Morgan fingerprint density at radius 1 is 1.00 bits per heavy atom. The lowest BCUT2D eigenvalue weighted by molar-refractivity contribution is 0.0482. The number of fused-ring (bicyclic) bond motifs is 9. The van der Waals surface area contributed by atoms with Gasteiger partial charge in [-0.3, -0.25) is 0 Å². The zero-order chi connectivity index (χ0) is 19.3. The minimum atomic E-state index is 0.483. The fourth-order valence-corrected chi connectivity index (χ4v) is 8.67. The molecule has 2 aliphatic heterocycles. The van der Waals surface area contributed by atoms with Crippen molar-refractivity contribution in [3.8, 4) is 5.75 Å². The molecule has 2 unspecified atom stereocenters. The average Bonchev–Trinajstić information content (AvgIpc) is 3.40. The summed E-state index contributed by atoms with van der Waals surface area (Å²) in [6.07, 6.45) is 8.05. The van der Waals surface area contributed by atoms with Crippen molar-refractivity contribution in [2.45, 2.75) is 63.3 Å². The predicted molar refractivity (Wildman–Crippen MR) is 117 cm³/mol. The molecule has 2 heterocycles. The van der Waals surface area contributed by atoms with Gasteiger partial charge in [-0.25, -0.2) is 0 Å². The molecule has 7 rings (SSSR count). The molecule has 5 aliphatic rings. The molecular weight excluding hydrogens is 354 g/mol. The molecule has 2 fully saturated rings. The monoisotopic (exact) mass is 385 g/mol. The minimum absolute atomic E-state index is 0.483. The van der Waals surface area contributed by atoms with Gasteiger partial charge in [0.15, 0.2) is 0 Å². The molecule has 0 amide bonds. The number of methoxy groups -OCH3 is 1. The van der Waals surface area contributed by atoms with E-state index >= 15 is 0 Å². The van der Waals surface area contributed by atoms with Gasteiger partial charge in [-0.1, -0.05) is 31.2 Å². The maximum Gasteiger partial charge on any atom is 0.119 e. The van der Waals surface area contributed by atoms with Crippen LogP contribution in [0.15, 0.2) is 36.4 Å². The van der Waals surface area contributed by atoms with E-state index in [1.54, 1.807) is 35.1 Å². The van der Waals surface area contributed by atoms with Crippen LogP contribution in [0.25, 0.3) is 0 Å². The van der Waals surface area contributed by atoms with Gasteiger partial charge >= 0.3 is 0 Å². The van der Waals surface area contributed by atoms with Crippen LogP contribution in [0.2, 0.25) is 0 Å². The highest BCUT2D eigenvalue weighted by Crippen LogP contribution is 2.68. The van der Waals surface area contributed by atoms with Crippen LogP contribution in [0.1, 0.15) is 66.7 Å². The molecule has 0 spiro atoms. The summed E-state index contributed by atoms with van der Waals surface area (Å²) in [7, 11) is 1.79. The van der Waals surface area contributed by atoms with E-state index in [1.165, 1.54) is 45.1 Å². The van der Waals surface area contributed by atoms with Crippen LogP contribution in [0, 0.1) is 17.3 Å². The average molecular weight is 386 g/mol. The molecule has 2 nitrogen and oxygen atoms in total.